The Morgan fingerprint density at radius 2 is 1.90 bits per heavy atom. The maximum absolute atomic E-state index is 13.2. The number of para-hydroxylation sites is 1. The van der Waals surface area contributed by atoms with Gasteiger partial charge in [0.05, 0.1) is 24.1 Å². The van der Waals surface area contributed by atoms with Gasteiger partial charge in [0.15, 0.2) is 5.70 Å². The minimum Gasteiger partial charge on any atom is -0.496 e. The number of ether oxygens (including phenoxy) is 2. The molecule has 3 aromatic rings. The van der Waals surface area contributed by atoms with Gasteiger partial charge >= 0.3 is 5.97 Å². The van der Waals surface area contributed by atoms with Crippen LogP contribution in [0.5, 0.6) is 5.75 Å². The normalized spacial score (nSPS) is 14.8. The van der Waals surface area contributed by atoms with Crippen LogP contribution in [0.3, 0.4) is 0 Å². The number of aryl methyl sites for hydroxylation is 1. The molecule has 0 N–H and O–H groups in total. The first kappa shape index (κ1) is 18.9. The van der Waals surface area contributed by atoms with Gasteiger partial charge in [0.1, 0.15) is 16.7 Å². The number of rotatable bonds is 4. The van der Waals surface area contributed by atoms with Gasteiger partial charge in [-0.1, -0.05) is 23.7 Å². The standard InChI is InChI=1S/C21H15ClFN3O3/c1-12-16(19(22)26(25-12)14-9-7-13(23)8-10-14)11-17-21(27)29-20(24-17)15-5-3-4-6-18(15)28-2/h3-11H,1-2H3. The predicted octanol–water partition coefficient (Wildman–Crippen LogP) is 4.33. The van der Waals surface area contributed by atoms with Crippen LogP contribution in [-0.4, -0.2) is 28.8 Å². The molecule has 0 bridgehead atoms. The second-order valence-corrected chi connectivity index (χ2v) is 6.57. The second kappa shape index (κ2) is 7.52. The molecule has 0 unspecified atom stereocenters. The average molecular weight is 412 g/mol. The summed E-state index contributed by atoms with van der Waals surface area (Å²) in [6, 6.07) is 12.9. The first-order chi connectivity index (χ1) is 14.0. The molecule has 0 spiro atoms. The van der Waals surface area contributed by atoms with Gasteiger partial charge in [0, 0.05) is 5.56 Å². The van der Waals surface area contributed by atoms with Gasteiger partial charge in [0.2, 0.25) is 5.90 Å². The number of carbonyl (C=O) groups excluding carboxylic acids is 1. The molecular formula is C21H15ClFN3O3. The van der Waals surface area contributed by atoms with Crippen molar-refractivity contribution in [2.24, 2.45) is 4.99 Å². The Hall–Kier alpha value is -3.45. The van der Waals surface area contributed by atoms with E-state index in [1.165, 1.54) is 30.0 Å². The molecule has 4 rings (SSSR count). The van der Waals surface area contributed by atoms with Gasteiger partial charge < -0.3 is 9.47 Å². The van der Waals surface area contributed by atoms with Gasteiger partial charge in [-0.25, -0.2) is 18.9 Å². The average Bonchev–Trinajstić information content (AvgIpc) is 3.23. The van der Waals surface area contributed by atoms with E-state index >= 15 is 0 Å². The molecule has 1 aliphatic rings. The lowest BCUT2D eigenvalue weighted by Crippen LogP contribution is -2.06. The molecule has 29 heavy (non-hydrogen) atoms. The Morgan fingerprint density at radius 3 is 2.62 bits per heavy atom. The number of nitrogens with zero attached hydrogens (tertiary/aromatic N) is 3. The number of hydrogen-bond donors (Lipinski definition) is 0. The minimum atomic E-state index is -0.601. The van der Waals surface area contributed by atoms with E-state index in [9.17, 15) is 9.18 Å². The molecule has 1 aromatic heterocycles. The second-order valence-electron chi connectivity index (χ2n) is 6.21. The van der Waals surface area contributed by atoms with Crippen LogP contribution in [0.1, 0.15) is 16.8 Å². The van der Waals surface area contributed by atoms with Crippen LogP contribution in [0, 0.1) is 12.7 Å². The van der Waals surface area contributed by atoms with E-state index < -0.39 is 5.97 Å². The summed E-state index contributed by atoms with van der Waals surface area (Å²) in [5.41, 5.74) is 2.36. The molecular weight excluding hydrogens is 397 g/mol. The van der Waals surface area contributed by atoms with Crippen molar-refractivity contribution in [2.75, 3.05) is 7.11 Å². The van der Waals surface area contributed by atoms with Crippen LogP contribution in [0.25, 0.3) is 11.8 Å². The molecule has 0 saturated heterocycles. The van der Waals surface area contributed by atoms with E-state index in [-0.39, 0.29) is 22.6 Å². The van der Waals surface area contributed by atoms with Gasteiger partial charge in [-0.15, -0.1) is 0 Å². The van der Waals surface area contributed by atoms with Crippen LogP contribution in [0.2, 0.25) is 5.15 Å². The third kappa shape index (κ3) is 3.52. The quantitative estimate of drug-likeness (QED) is 0.473. The van der Waals surface area contributed by atoms with Crippen molar-refractivity contribution in [3.8, 4) is 11.4 Å². The molecule has 0 fully saturated rings. The zero-order valence-corrected chi connectivity index (χ0v) is 16.3. The fraction of sp³-hybridized carbons (Fsp3) is 0.0952. The molecule has 2 aromatic carbocycles. The van der Waals surface area contributed by atoms with Crippen molar-refractivity contribution >= 4 is 29.5 Å². The summed E-state index contributed by atoms with van der Waals surface area (Å²) in [6.45, 7) is 1.75. The van der Waals surface area contributed by atoms with Crippen molar-refractivity contribution < 1.29 is 18.7 Å². The van der Waals surface area contributed by atoms with Gasteiger partial charge in [-0.2, -0.15) is 5.10 Å². The number of methoxy groups -OCH3 is 1. The van der Waals surface area contributed by atoms with Crippen LogP contribution >= 0.6 is 11.6 Å². The highest BCUT2D eigenvalue weighted by Gasteiger charge is 2.27. The Morgan fingerprint density at radius 1 is 1.17 bits per heavy atom. The zero-order valence-electron chi connectivity index (χ0n) is 15.5. The Kier molecular flexibility index (Phi) is 4.90. The molecule has 0 saturated carbocycles. The number of carbonyl (C=O) groups is 1. The Labute approximate surface area is 170 Å². The molecule has 146 valence electrons. The van der Waals surface area contributed by atoms with Crippen molar-refractivity contribution in [3.05, 3.63) is 82.0 Å². The molecule has 8 heteroatoms. The SMILES string of the molecule is COc1ccccc1C1=NC(=Cc2c(C)nn(-c3ccc(F)cc3)c2Cl)C(=O)O1. The first-order valence-electron chi connectivity index (χ1n) is 8.65. The third-order valence-electron chi connectivity index (χ3n) is 4.36. The van der Waals surface area contributed by atoms with Crippen molar-refractivity contribution in [1.29, 1.82) is 0 Å². The van der Waals surface area contributed by atoms with E-state index in [1.54, 1.807) is 37.3 Å². The fourth-order valence-electron chi connectivity index (χ4n) is 2.91. The fourth-order valence-corrected chi connectivity index (χ4v) is 3.24. The maximum Gasteiger partial charge on any atom is 0.363 e. The summed E-state index contributed by atoms with van der Waals surface area (Å²) in [5, 5.41) is 4.65. The highest BCUT2D eigenvalue weighted by Crippen LogP contribution is 2.29. The third-order valence-corrected chi connectivity index (χ3v) is 4.72. The largest absolute Gasteiger partial charge is 0.496 e. The molecule has 0 radical (unpaired) electrons. The maximum atomic E-state index is 13.2. The smallest absolute Gasteiger partial charge is 0.363 e. The van der Waals surface area contributed by atoms with E-state index in [0.717, 1.165) is 0 Å². The minimum absolute atomic E-state index is 0.0922. The lowest BCUT2D eigenvalue weighted by Gasteiger charge is -2.05. The highest BCUT2D eigenvalue weighted by molar-refractivity contribution is 6.31. The lowest BCUT2D eigenvalue weighted by molar-refractivity contribution is -0.129. The molecule has 6 nitrogen and oxygen atoms in total. The van der Waals surface area contributed by atoms with E-state index in [2.05, 4.69) is 10.1 Å². The van der Waals surface area contributed by atoms with E-state index in [4.69, 9.17) is 21.1 Å². The monoisotopic (exact) mass is 411 g/mol. The number of hydrogen-bond acceptors (Lipinski definition) is 5. The van der Waals surface area contributed by atoms with Crippen molar-refractivity contribution in [2.45, 2.75) is 6.92 Å². The molecule has 0 atom stereocenters. The van der Waals surface area contributed by atoms with Gasteiger partial charge in [0.25, 0.3) is 0 Å². The number of esters is 1. The van der Waals surface area contributed by atoms with Crippen molar-refractivity contribution in [3.63, 3.8) is 0 Å². The van der Waals surface area contributed by atoms with Gasteiger partial charge in [-0.05, 0) is 49.4 Å². The van der Waals surface area contributed by atoms with Crippen LogP contribution < -0.4 is 4.74 Å². The molecule has 2 heterocycles. The van der Waals surface area contributed by atoms with E-state index in [1.807, 2.05) is 6.07 Å². The zero-order chi connectivity index (χ0) is 20.5. The lowest BCUT2D eigenvalue weighted by atomic mass is 10.2. The summed E-state index contributed by atoms with van der Waals surface area (Å²) < 4.78 is 25.3. The van der Waals surface area contributed by atoms with Crippen molar-refractivity contribution in [1.82, 2.24) is 9.78 Å². The first-order valence-corrected chi connectivity index (χ1v) is 9.02. The number of benzene rings is 2. The number of halogens is 2. The number of aliphatic imine (C=N–C) groups is 1. The summed E-state index contributed by atoms with van der Waals surface area (Å²) in [5.74, 6) is -0.268. The summed E-state index contributed by atoms with van der Waals surface area (Å²) in [7, 11) is 1.53. The Balaban J connectivity index is 1.74. The summed E-state index contributed by atoms with van der Waals surface area (Å²) >= 11 is 6.47. The summed E-state index contributed by atoms with van der Waals surface area (Å²) in [6.07, 6.45) is 1.52. The predicted molar refractivity (Wildman–Crippen MR) is 107 cm³/mol. The van der Waals surface area contributed by atoms with E-state index in [0.29, 0.717) is 28.3 Å². The Bertz CT molecular complexity index is 1170. The molecule has 0 aliphatic carbocycles. The number of cyclic esters (lactones) is 1. The molecule has 0 amide bonds. The van der Waals surface area contributed by atoms with Crippen LogP contribution in [0.4, 0.5) is 4.39 Å². The highest BCUT2D eigenvalue weighted by atomic mass is 35.5. The van der Waals surface area contributed by atoms with Crippen LogP contribution in [-0.2, 0) is 9.53 Å². The van der Waals surface area contributed by atoms with Gasteiger partial charge in [-0.3, -0.25) is 0 Å². The topological polar surface area (TPSA) is 65.7 Å². The van der Waals surface area contributed by atoms with Crippen LogP contribution in [0.15, 0.2) is 59.2 Å². The summed E-state index contributed by atoms with van der Waals surface area (Å²) in [4.78, 5) is 16.6. The number of aromatic nitrogens is 2. The molecule has 1 aliphatic heterocycles.